The monoisotopic (exact) mass is 587 g/mol. The molecule has 1 saturated heterocycles. The van der Waals surface area contributed by atoms with Gasteiger partial charge in [-0.25, -0.2) is 4.68 Å². The third kappa shape index (κ3) is 5.95. The van der Waals surface area contributed by atoms with Crippen LogP contribution in [0, 0.1) is 11.3 Å². The highest BCUT2D eigenvalue weighted by Gasteiger charge is 2.25. The number of nitrogens with zero attached hydrogens (tertiary/aromatic N) is 7. The summed E-state index contributed by atoms with van der Waals surface area (Å²) in [4.78, 5) is 35.8. The molecule has 4 heterocycles. The number of amides is 1. The van der Waals surface area contributed by atoms with Gasteiger partial charge in [0, 0.05) is 55.9 Å². The topological polar surface area (TPSA) is 100 Å². The number of benzene rings is 2. The summed E-state index contributed by atoms with van der Waals surface area (Å²) in [5, 5.41) is 15.1. The highest BCUT2D eigenvalue weighted by molar-refractivity contribution is 7.07. The summed E-state index contributed by atoms with van der Waals surface area (Å²) in [6.07, 6.45) is 7.11. The number of aromatic nitrogens is 4. The second-order valence-electron chi connectivity index (χ2n) is 10.3. The summed E-state index contributed by atoms with van der Waals surface area (Å²) in [6, 6.07) is 25.2. The Morgan fingerprint density at radius 1 is 1.00 bits per heavy atom. The number of carbonyl (C=O) groups is 1. The van der Waals surface area contributed by atoms with Crippen molar-refractivity contribution in [3.05, 3.63) is 122 Å². The number of likely N-dealkylation sites (N-methyl/N-ethyl adjacent to an activating group) is 1. The molecule has 0 saturated carbocycles. The van der Waals surface area contributed by atoms with Crippen LogP contribution in [-0.2, 0) is 11.3 Å². The van der Waals surface area contributed by atoms with Crippen LogP contribution in [0.25, 0.3) is 28.6 Å². The summed E-state index contributed by atoms with van der Waals surface area (Å²) >= 11 is 1.16. The van der Waals surface area contributed by atoms with E-state index in [-0.39, 0.29) is 23.6 Å². The van der Waals surface area contributed by atoms with Gasteiger partial charge in [0.1, 0.15) is 16.4 Å². The molecule has 6 rings (SSSR count). The normalized spacial score (nSPS) is 14.9. The first kappa shape index (κ1) is 28.0. The lowest BCUT2D eigenvalue weighted by atomic mass is 10.1. The fraction of sp³-hybridized carbons (Fsp3) is 0.182. The minimum atomic E-state index is -0.349. The van der Waals surface area contributed by atoms with Crippen LogP contribution in [0.4, 0.5) is 0 Å². The molecule has 1 amide bonds. The molecular formula is C33H29N7O2S. The number of rotatable bonds is 6. The molecule has 9 nitrogen and oxygen atoms in total. The molecular weight excluding hydrogens is 558 g/mol. The van der Waals surface area contributed by atoms with Gasteiger partial charge >= 0.3 is 0 Å². The molecule has 0 bridgehead atoms. The van der Waals surface area contributed by atoms with E-state index in [1.807, 2.05) is 86.0 Å². The lowest BCUT2D eigenvalue weighted by molar-refractivity contribution is -0.126. The van der Waals surface area contributed by atoms with Crippen molar-refractivity contribution in [2.45, 2.75) is 6.54 Å². The zero-order valence-electron chi connectivity index (χ0n) is 23.6. The smallest absolute Gasteiger partial charge is 0.269 e. The zero-order valence-corrected chi connectivity index (χ0v) is 24.4. The molecule has 0 unspecified atom stereocenters. The summed E-state index contributed by atoms with van der Waals surface area (Å²) in [6.45, 7) is 2.75. The highest BCUT2D eigenvalue weighted by Crippen LogP contribution is 2.23. The van der Waals surface area contributed by atoms with E-state index in [1.54, 1.807) is 32.6 Å². The lowest BCUT2D eigenvalue weighted by Gasteiger charge is -2.32. The second-order valence-corrected chi connectivity index (χ2v) is 11.4. The standard InChI is InChI=1S/C33H29N7O2S/c1-37-15-17-38(18-16-37)31(41)28(20-34)33-39(22-24-9-4-2-5-10-24)32(42)29(43-33)19-26-23-40(27-12-6-3-7-13-27)36-30(26)25-11-8-14-35-21-25/h2-14,19,21,23H,15-18,22H2,1H3/b29-19+,33-28-. The molecule has 214 valence electrons. The maximum absolute atomic E-state index is 14.0. The van der Waals surface area contributed by atoms with Gasteiger partial charge in [-0.15, -0.1) is 11.3 Å². The molecule has 1 fully saturated rings. The summed E-state index contributed by atoms with van der Waals surface area (Å²) in [7, 11) is 2.01. The Bertz CT molecular complexity index is 1970. The molecule has 5 aromatic rings. The molecule has 0 N–H and O–H groups in total. The van der Waals surface area contributed by atoms with Crippen LogP contribution < -0.4 is 14.8 Å². The number of hydrogen-bond donors (Lipinski definition) is 0. The Hall–Kier alpha value is -5.11. The van der Waals surface area contributed by atoms with Gasteiger partial charge in [0.2, 0.25) is 0 Å². The van der Waals surface area contributed by atoms with E-state index in [1.165, 1.54) is 0 Å². The van der Waals surface area contributed by atoms with Crippen molar-refractivity contribution in [2.75, 3.05) is 33.2 Å². The minimum Gasteiger partial charge on any atom is -0.335 e. The predicted molar refractivity (Wildman–Crippen MR) is 167 cm³/mol. The average Bonchev–Trinajstić information content (AvgIpc) is 3.60. The largest absolute Gasteiger partial charge is 0.335 e. The van der Waals surface area contributed by atoms with E-state index in [2.05, 4.69) is 16.0 Å². The number of thiazole rings is 1. The fourth-order valence-electron chi connectivity index (χ4n) is 5.04. The number of pyridine rings is 1. The molecule has 10 heteroatoms. The number of nitriles is 1. The number of carbonyl (C=O) groups excluding carboxylic acids is 1. The maximum Gasteiger partial charge on any atom is 0.269 e. The zero-order chi connectivity index (χ0) is 29.8. The number of piperazine rings is 1. The summed E-state index contributed by atoms with van der Waals surface area (Å²) in [5.41, 5.74) is 3.67. The van der Waals surface area contributed by atoms with Gasteiger partial charge in [0.15, 0.2) is 5.57 Å². The summed E-state index contributed by atoms with van der Waals surface area (Å²) < 4.78 is 4.08. The van der Waals surface area contributed by atoms with Crippen molar-refractivity contribution in [1.29, 1.82) is 5.26 Å². The van der Waals surface area contributed by atoms with Crippen LogP contribution in [0.1, 0.15) is 11.1 Å². The molecule has 0 atom stereocenters. The molecule has 2 aromatic carbocycles. The molecule has 3 aromatic heterocycles. The second kappa shape index (κ2) is 12.4. The van der Waals surface area contributed by atoms with Crippen LogP contribution in [0.2, 0.25) is 0 Å². The minimum absolute atomic E-state index is 0.0188. The third-order valence-electron chi connectivity index (χ3n) is 7.41. The molecule has 1 aliphatic heterocycles. The van der Waals surface area contributed by atoms with Gasteiger partial charge in [0.25, 0.3) is 11.5 Å². The SMILES string of the molecule is CN1CCN(C(=O)/C(C#N)=c2\s/c(=C/c3cn(-c4ccccc4)nc3-c3cccnc3)c(=O)n2Cc2ccccc2)CC1. The van der Waals surface area contributed by atoms with E-state index in [4.69, 9.17) is 5.10 Å². The van der Waals surface area contributed by atoms with E-state index in [9.17, 15) is 14.9 Å². The molecule has 0 aliphatic carbocycles. The van der Waals surface area contributed by atoms with E-state index < -0.39 is 0 Å². The Morgan fingerprint density at radius 2 is 1.72 bits per heavy atom. The van der Waals surface area contributed by atoms with Gasteiger partial charge in [-0.2, -0.15) is 10.4 Å². The first-order chi connectivity index (χ1) is 21.0. The van der Waals surface area contributed by atoms with Crippen LogP contribution in [-0.4, -0.2) is 68.3 Å². The Kier molecular flexibility index (Phi) is 8.09. The van der Waals surface area contributed by atoms with Crippen LogP contribution in [0.15, 0.2) is 96.2 Å². The van der Waals surface area contributed by atoms with E-state index >= 15 is 0 Å². The first-order valence-electron chi connectivity index (χ1n) is 13.9. The van der Waals surface area contributed by atoms with Crippen molar-refractivity contribution < 1.29 is 4.79 Å². The van der Waals surface area contributed by atoms with Crippen molar-refractivity contribution in [3.8, 4) is 23.0 Å². The van der Waals surface area contributed by atoms with Gasteiger partial charge in [-0.05, 0) is 43.0 Å². The Labute approximate surface area is 252 Å². The highest BCUT2D eigenvalue weighted by atomic mass is 32.1. The predicted octanol–water partition coefficient (Wildman–Crippen LogP) is 2.48. The molecule has 0 radical (unpaired) electrons. The lowest BCUT2D eigenvalue weighted by Crippen LogP contribution is -2.48. The van der Waals surface area contributed by atoms with Crippen molar-refractivity contribution in [3.63, 3.8) is 0 Å². The fourth-order valence-corrected chi connectivity index (χ4v) is 6.13. The van der Waals surface area contributed by atoms with Gasteiger partial charge in [0.05, 0.1) is 16.8 Å². The molecule has 43 heavy (non-hydrogen) atoms. The average molecular weight is 588 g/mol. The van der Waals surface area contributed by atoms with Crippen LogP contribution in [0.5, 0.6) is 0 Å². The van der Waals surface area contributed by atoms with Gasteiger partial charge in [-0.3, -0.25) is 19.1 Å². The third-order valence-corrected chi connectivity index (χ3v) is 8.54. The Balaban J connectivity index is 1.55. The van der Waals surface area contributed by atoms with Crippen molar-refractivity contribution in [1.82, 2.24) is 29.1 Å². The number of para-hydroxylation sites is 1. The van der Waals surface area contributed by atoms with Crippen molar-refractivity contribution in [2.24, 2.45) is 0 Å². The van der Waals surface area contributed by atoms with E-state index in [0.717, 1.165) is 46.8 Å². The molecule has 1 aliphatic rings. The van der Waals surface area contributed by atoms with Crippen LogP contribution in [0.3, 0.4) is 0 Å². The van der Waals surface area contributed by atoms with E-state index in [0.29, 0.717) is 28.0 Å². The van der Waals surface area contributed by atoms with Gasteiger partial charge in [-0.1, -0.05) is 48.5 Å². The van der Waals surface area contributed by atoms with Gasteiger partial charge < -0.3 is 9.80 Å². The number of hydrogen-bond acceptors (Lipinski definition) is 7. The molecule has 0 spiro atoms. The maximum atomic E-state index is 14.0. The summed E-state index contributed by atoms with van der Waals surface area (Å²) in [5.74, 6) is -0.349. The first-order valence-corrected chi connectivity index (χ1v) is 14.8. The van der Waals surface area contributed by atoms with Crippen LogP contribution >= 0.6 is 11.3 Å². The Morgan fingerprint density at radius 3 is 2.40 bits per heavy atom. The van der Waals surface area contributed by atoms with Crippen molar-refractivity contribution >= 4 is 28.9 Å². The quantitative estimate of drug-likeness (QED) is 0.303.